The molecule has 0 spiro atoms. The van der Waals surface area contributed by atoms with Gasteiger partial charge in [-0.1, -0.05) is 6.07 Å². The number of rotatable bonds is 4. The Bertz CT molecular complexity index is 692. The summed E-state index contributed by atoms with van der Waals surface area (Å²) in [5.41, 5.74) is -1.64. The molecule has 3 fully saturated rings. The predicted molar refractivity (Wildman–Crippen MR) is 78.6 cm³/mol. The Labute approximate surface area is 132 Å². The molecule has 1 aromatic carbocycles. The van der Waals surface area contributed by atoms with Crippen LogP contribution in [0.5, 0.6) is 0 Å². The second kappa shape index (κ2) is 4.52. The first-order valence-corrected chi connectivity index (χ1v) is 7.96. The predicted octanol–water partition coefficient (Wildman–Crippen LogP) is 2.72. The van der Waals surface area contributed by atoms with Crippen LogP contribution in [0.25, 0.3) is 0 Å². The van der Waals surface area contributed by atoms with Crippen molar-refractivity contribution in [3.63, 3.8) is 0 Å². The minimum atomic E-state index is -0.860. The molecular weight excluding hydrogens is 302 g/mol. The summed E-state index contributed by atoms with van der Waals surface area (Å²) in [5, 5.41) is 2.77. The monoisotopic (exact) mass is 320 g/mol. The number of halogens is 2. The van der Waals surface area contributed by atoms with Gasteiger partial charge in [0.15, 0.2) is 0 Å². The van der Waals surface area contributed by atoms with Crippen LogP contribution in [0.15, 0.2) is 18.2 Å². The molecule has 3 amide bonds. The molecule has 122 valence electrons. The fourth-order valence-corrected chi connectivity index (χ4v) is 3.74. The highest BCUT2D eigenvalue weighted by atomic mass is 19.1. The van der Waals surface area contributed by atoms with E-state index in [1.54, 1.807) is 6.92 Å². The highest BCUT2D eigenvalue weighted by molar-refractivity contribution is 6.07. The van der Waals surface area contributed by atoms with Gasteiger partial charge in [0, 0.05) is 17.5 Å². The average Bonchev–Trinajstić information content (AvgIpc) is 3.37. The average molecular weight is 320 g/mol. The molecule has 3 aliphatic rings. The molecule has 1 unspecified atom stereocenters. The molecule has 23 heavy (non-hydrogen) atoms. The number of amides is 3. The SMILES string of the molecule is CC1(C2CC2)NC(=O)N(CC2(c3c(F)cccc3F)CC2)C1=O. The van der Waals surface area contributed by atoms with Gasteiger partial charge in [-0.15, -0.1) is 0 Å². The third-order valence-corrected chi connectivity index (χ3v) is 5.50. The van der Waals surface area contributed by atoms with Crippen LogP contribution in [-0.4, -0.2) is 28.9 Å². The van der Waals surface area contributed by atoms with Gasteiger partial charge in [-0.05, 0) is 50.7 Å². The summed E-state index contributed by atoms with van der Waals surface area (Å²) < 4.78 is 28.2. The van der Waals surface area contributed by atoms with Crippen molar-refractivity contribution in [1.82, 2.24) is 10.2 Å². The standard InChI is InChI=1S/C17H18F2N2O2/c1-16(10-5-6-10)14(22)21(15(23)20-16)9-17(7-8-17)13-11(18)3-2-4-12(13)19/h2-4,10H,5-9H2,1H3,(H,20,23). The third kappa shape index (κ3) is 2.07. The number of imide groups is 1. The van der Waals surface area contributed by atoms with Gasteiger partial charge in [-0.25, -0.2) is 13.6 Å². The minimum absolute atomic E-state index is 0.000579. The summed E-state index contributed by atoms with van der Waals surface area (Å²) >= 11 is 0. The van der Waals surface area contributed by atoms with Crippen molar-refractivity contribution in [2.75, 3.05) is 6.54 Å². The molecule has 6 heteroatoms. The van der Waals surface area contributed by atoms with Gasteiger partial charge >= 0.3 is 6.03 Å². The van der Waals surface area contributed by atoms with E-state index in [0.717, 1.165) is 17.7 Å². The molecule has 0 radical (unpaired) electrons. The van der Waals surface area contributed by atoms with Gasteiger partial charge in [0.05, 0.1) is 0 Å². The second-order valence-electron chi connectivity index (χ2n) is 7.18. The van der Waals surface area contributed by atoms with Crippen LogP contribution < -0.4 is 5.32 Å². The molecule has 1 aromatic rings. The van der Waals surface area contributed by atoms with Gasteiger partial charge in [-0.3, -0.25) is 9.69 Å². The number of nitrogens with zero attached hydrogens (tertiary/aromatic N) is 1. The van der Waals surface area contributed by atoms with Crippen molar-refractivity contribution in [2.45, 2.75) is 43.6 Å². The topological polar surface area (TPSA) is 49.4 Å². The van der Waals surface area contributed by atoms with E-state index in [1.165, 1.54) is 18.2 Å². The minimum Gasteiger partial charge on any atom is -0.323 e. The Morgan fingerprint density at radius 3 is 2.35 bits per heavy atom. The van der Waals surface area contributed by atoms with Crippen molar-refractivity contribution < 1.29 is 18.4 Å². The van der Waals surface area contributed by atoms with E-state index in [0.29, 0.717) is 12.8 Å². The zero-order chi connectivity index (χ0) is 16.4. The lowest BCUT2D eigenvalue weighted by Crippen LogP contribution is -2.46. The summed E-state index contributed by atoms with van der Waals surface area (Å²) in [4.78, 5) is 26.1. The van der Waals surface area contributed by atoms with Crippen molar-refractivity contribution in [1.29, 1.82) is 0 Å². The molecule has 2 saturated carbocycles. The molecular formula is C17H18F2N2O2. The van der Waals surface area contributed by atoms with Gasteiger partial charge in [-0.2, -0.15) is 0 Å². The van der Waals surface area contributed by atoms with Crippen LogP contribution in [0.3, 0.4) is 0 Å². The van der Waals surface area contributed by atoms with Crippen LogP contribution in [0.4, 0.5) is 13.6 Å². The number of urea groups is 1. The summed E-state index contributed by atoms with van der Waals surface area (Å²) in [6, 6.07) is 3.31. The summed E-state index contributed by atoms with van der Waals surface area (Å²) in [6.07, 6.45) is 2.98. The lowest BCUT2D eigenvalue weighted by Gasteiger charge is -2.24. The highest BCUT2D eigenvalue weighted by Crippen LogP contribution is 2.52. The van der Waals surface area contributed by atoms with Crippen LogP contribution in [0, 0.1) is 17.6 Å². The number of carbonyl (C=O) groups excluding carboxylic acids is 2. The fourth-order valence-electron chi connectivity index (χ4n) is 3.74. The maximum Gasteiger partial charge on any atom is 0.325 e. The summed E-state index contributed by atoms with van der Waals surface area (Å²) in [7, 11) is 0. The number of hydrogen-bond donors (Lipinski definition) is 1. The van der Waals surface area contributed by atoms with Crippen molar-refractivity contribution in [2.24, 2.45) is 5.92 Å². The largest absolute Gasteiger partial charge is 0.325 e. The molecule has 1 atom stereocenters. The lowest BCUT2D eigenvalue weighted by atomic mass is 9.92. The maximum atomic E-state index is 14.1. The number of benzene rings is 1. The second-order valence-corrected chi connectivity index (χ2v) is 7.18. The maximum absolute atomic E-state index is 14.1. The van der Waals surface area contributed by atoms with Crippen LogP contribution >= 0.6 is 0 Å². The fraction of sp³-hybridized carbons (Fsp3) is 0.529. The summed E-state index contributed by atoms with van der Waals surface area (Å²) in [5.74, 6) is -1.32. The Morgan fingerprint density at radius 1 is 1.22 bits per heavy atom. The molecule has 1 heterocycles. The Balaban J connectivity index is 1.63. The molecule has 4 rings (SSSR count). The Hall–Kier alpha value is -1.98. The van der Waals surface area contributed by atoms with E-state index in [-0.39, 0.29) is 23.9 Å². The van der Waals surface area contributed by atoms with E-state index in [1.807, 2.05) is 0 Å². The van der Waals surface area contributed by atoms with Crippen LogP contribution in [0.2, 0.25) is 0 Å². The van der Waals surface area contributed by atoms with Crippen LogP contribution in [0.1, 0.15) is 38.2 Å². The summed E-state index contributed by atoms with van der Waals surface area (Å²) in [6.45, 7) is 1.78. The first-order valence-electron chi connectivity index (χ1n) is 7.96. The van der Waals surface area contributed by atoms with Crippen molar-refractivity contribution in [3.8, 4) is 0 Å². The van der Waals surface area contributed by atoms with Gasteiger partial charge < -0.3 is 5.32 Å². The lowest BCUT2D eigenvalue weighted by molar-refractivity contribution is -0.131. The zero-order valence-electron chi connectivity index (χ0n) is 12.9. The van der Waals surface area contributed by atoms with Crippen LogP contribution in [-0.2, 0) is 10.2 Å². The van der Waals surface area contributed by atoms with Gasteiger partial charge in [0.25, 0.3) is 5.91 Å². The molecule has 0 aromatic heterocycles. The van der Waals surface area contributed by atoms with Gasteiger partial charge in [0.2, 0.25) is 0 Å². The Kier molecular flexibility index (Phi) is 2.87. The first kappa shape index (κ1) is 14.6. The molecule has 0 bridgehead atoms. The molecule has 2 aliphatic carbocycles. The number of nitrogens with one attached hydrogen (secondary N) is 1. The van der Waals surface area contributed by atoms with E-state index < -0.39 is 28.6 Å². The highest BCUT2D eigenvalue weighted by Gasteiger charge is 2.59. The third-order valence-electron chi connectivity index (χ3n) is 5.50. The van der Waals surface area contributed by atoms with E-state index in [9.17, 15) is 18.4 Å². The van der Waals surface area contributed by atoms with Crippen molar-refractivity contribution >= 4 is 11.9 Å². The van der Waals surface area contributed by atoms with Crippen molar-refractivity contribution in [3.05, 3.63) is 35.4 Å². The molecule has 1 saturated heterocycles. The first-order chi connectivity index (χ1) is 10.9. The molecule has 4 nitrogen and oxygen atoms in total. The molecule has 1 aliphatic heterocycles. The number of carbonyl (C=O) groups is 2. The quantitative estimate of drug-likeness (QED) is 0.867. The normalized spacial score (nSPS) is 28.9. The number of hydrogen-bond acceptors (Lipinski definition) is 2. The Morgan fingerprint density at radius 2 is 1.83 bits per heavy atom. The smallest absolute Gasteiger partial charge is 0.323 e. The van der Waals surface area contributed by atoms with E-state index in [4.69, 9.17) is 0 Å². The van der Waals surface area contributed by atoms with E-state index >= 15 is 0 Å². The van der Waals surface area contributed by atoms with E-state index in [2.05, 4.69) is 5.32 Å². The molecule has 1 N–H and O–H groups in total. The van der Waals surface area contributed by atoms with Gasteiger partial charge in [0.1, 0.15) is 17.2 Å². The zero-order valence-corrected chi connectivity index (χ0v) is 12.9.